The highest BCUT2D eigenvalue weighted by atomic mass is 16.6. The zero-order valence-electron chi connectivity index (χ0n) is 17.4. The van der Waals surface area contributed by atoms with Crippen molar-refractivity contribution in [3.63, 3.8) is 0 Å². The van der Waals surface area contributed by atoms with Crippen LogP contribution >= 0.6 is 0 Å². The fourth-order valence-corrected chi connectivity index (χ4v) is 3.25. The van der Waals surface area contributed by atoms with Gasteiger partial charge >= 0.3 is 6.09 Å². The number of carbonyl (C=O) groups excluding carboxylic acids is 2. The molecule has 1 atom stereocenters. The van der Waals surface area contributed by atoms with Gasteiger partial charge in [-0.3, -0.25) is 4.79 Å². The maximum atomic E-state index is 12.7. The number of rotatable bonds is 4. The van der Waals surface area contributed by atoms with E-state index in [1.165, 1.54) is 0 Å². The summed E-state index contributed by atoms with van der Waals surface area (Å²) in [6.07, 6.45) is -0.174. The predicted octanol–water partition coefficient (Wildman–Crippen LogP) is 3.67. The fraction of sp³-hybridized carbons (Fsp3) is 0.391. The Hall–Kier alpha value is -3.02. The normalized spacial score (nSPS) is 16.6. The quantitative estimate of drug-likeness (QED) is 0.856. The van der Waals surface area contributed by atoms with Crippen molar-refractivity contribution in [2.45, 2.75) is 52.0 Å². The van der Waals surface area contributed by atoms with E-state index in [1.807, 2.05) is 48.5 Å². The Balaban J connectivity index is 1.72. The van der Waals surface area contributed by atoms with Gasteiger partial charge in [-0.1, -0.05) is 36.4 Å². The van der Waals surface area contributed by atoms with Crippen LogP contribution in [-0.2, 0) is 29.1 Å². The lowest BCUT2D eigenvalue weighted by atomic mass is 10.0. The van der Waals surface area contributed by atoms with E-state index in [2.05, 4.69) is 5.32 Å². The number of likely N-dealkylation sites (N-methyl/N-ethyl adjacent to an activating group) is 1. The molecule has 2 aromatic rings. The molecule has 1 aliphatic heterocycles. The molecular weight excluding hydrogens is 368 g/mol. The minimum atomic E-state index is -0.660. The second-order valence-corrected chi connectivity index (χ2v) is 8.30. The van der Waals surface area contributed by atoms with Gasteiger partial charge in [0, 0.05) is 20.0 Å². The van der Waals surface area contributed by atoms with Crippen molar-refractivity contribution in [3.05, 3.63) is 65.2 Å². The van der Waals surface area contributed by atoms with Gasteiger partial charge in [-0.05, 0) is 49.6 Å². The monoisotopic (exact) mass is 396 g/mol. The molecule has 2 amide bonds. The maximum Gasteiger partial charge on any atom is 0.408 e. The lowest BCUT2D eigenvalue weighted by Crippen LogP contribution is -2.48. The summed E-state index contributed by atoms with van der Waals surface area (Å²) in [5.74, 6) is 0.616. The SMILES string of the molecule is CN1Cc2cc(OCc3ccccc3)ccc2CC(NC(=O)OC(C)(C)C)C1=O. The van der Waals surface area contributed by atoms with Crippen molar-refractivity contribution in [3.8, 4) is 5.75 Å². The Labute approximate surface area is 171 Å². The molecule has 1 N–H and O–H groups in total. The molecule has 0 saturated heterocycles. The summed E-state index contributed by atoms with van der Waals surface area (Å²) in [5.41, 5.74) is 2.50. The smallest absolute Gasteiger partial charge is 0.408 e. The molecule has 0 bridgehead atoms. The van der Waals surface area contributed by atoms with Gasteiger partial charge in [0.1, 0.15) is 24.0 Å². The zero-order valence-corrected chi connectivity index (χ0v) is 17.4. The number of nitrogens with one attached hydrogen (secondary N) is 1. The highest BCUT2D eigenvalue weighted by Crippen LogP contribution is 2.25. The van der Waals surface area contributed by atoms with Crippen LogP contribution in [-0.4, -0.2) is 35.6 Å². The average molecular weight is 396 g/mol. The lowest BCUT2D eigenvalue weighted by molar-refractivity contribution is -0.132. The van der Waals surface area contributed by atoms with Crippen LogP contribution in [0.4, 0.5) is 4.79 Å². The second kappa shape index (κ2) is 8.55. The van der Waals surface area contributed by atoms with Crippen molar-refractivity contribution in [1.82, 2.24) is 10.2 Å². The summed E-state index contributed by atoms with van der Waals surface area (Å²) in [6, 6.07) is 15.1. The first-order valence-electron chi connectivity index (χ1n) is 9.74. The summed E-state index contributed by atoms with van der Waals surface area (Å²) >= 11 is 0. The van der Waals surface area contributed by atoms with E-state index in [4.69, 9.17) is 9.47 Å². The molecule has 0 saturated carbocycles. The van der Waals surface area contributed by atoms with Crippen LogP contribution in [0, 0.1) is 0 Å². The van der Waals surface area contributed by atoms with Gasteiger partial charge in [0.15, 0.2) is 0 Å². The van der Waals surface area contributed by atoms with Crippen LogP contribution in [0.25, 0.3) is 0 Å². The Kier molecular flexibility index (Phi) is 6.11. The van der Waals surface area contributed by atoms with Crippen LogP contribution in [0.1, 0.15) is 37.5 Å². The topological polar surface area (TPSA) is 67.9 Å². The van der Waals surface area contributed by atoms with Crippen LogP contribution in [0.5, 0.6) is 5.75 Å². The van der Waals surface area contributed by atoms with Crippen LogP contribution in [0.2, 0.25) is 0 Å². The summed E-state index contributed by atoms with van der Waals surface area (Å²) in [7, 11) is 1.73. The van der Waals surface area contributed by atoms with E-state index in [9.17, 15) is 9.59 Å². The van der Waals surface area contributed by atoms with Crippen molar-refractivity contribution >= 4 is 12.0 Å². The first kappa shape index (κ1) is 20.7. The molecule has 6 heteroatoms. The van der Waals surface area contributed by atoms with Crippen molar-refractivity contribution in [2.24, 2.45) is 0 Å². The third kappa shape index (κ3) is 5.73. The summed E-state index contributed by atoms with van der Waals surface area (Å²) < 4.78 is 11.2. The summed E-state index contributed by atoms with van der Waals surface area (Å²) in [5, 5.41) is 2.71. The van der Waals surface area contributed by atoms with E-state index in [0.29, 0.717) is 19.6 Å². The largest absolute Gasteiger partial charge is 0.489 e. The first-order valence-corrected chi connectivity index (χ1v) is 9.74. The molecule has 154 valence electrons. The van der Waals surface area contributed by atoms with E-state index in [0.717, 1.165) is 22.4 Å². The average Bonchev–Trinajstić information content (AvgIpc) is 2.76. The predicted molar refractivity (Wildman–Crippen MR) is 111 cm³/mol. The molecule has 2 aromatic carbocycles. The number of ether oxygens (including phenoxy) is 2. The minimum absolute atomic E-state index is 0.140. The molecule has 6 nitrogen and oxygen atoms in total. The van der Waals surface area contributed by atoms with Gasteiger partial charge in [-0.25, -0.2) is 4.79 Å². The Morgan fingerprint density at radius 2 is 1.86 bits per heavy atom. The standard InChI is InChI=1S/C23H28N2O4/c1-23(2,3)29-22(27)24-20-13-17-10-11-19(12-18(17)14-25(4)21(20)26)28-15-16-8-6-5-7-9-16/h5-12,20H,13-15H2,1-4H3,(H,24,27). The molecule has 0 radical (unpaired) electrons. The van der Waals surface area contributed by atoms with Crippen molar-refractivity contribution < 1.29 is 19.1 Å². The third-order valence-electron chi connectivity index (χ3n) is 4.62. The number of alkyl carbamates (subject to hydrolysis) is 1. The van der Waals surface area contributed by atoms with Crippen LogP contribution in [0.15, 0.2) is 48.5 Å². The van der Waals surface area contributed by atoms with Crippen molar-refractivity contribution in [1.29, 1.82) is 0 Å². The van der Waals surface area contributed by atoms with Gasteiger partial charge < -0.3 is 19.7 Å². The van der Waals surface area contributed by atoms with Crippen LogP contribution < -0.4 is 10.1 Å². The maximum absolute atomic E-state index is 12.7. The van der Waals surface area contributed by atoms with E-state index in [-0.39, 0.29) is 5.91 Å². The highest BCUT2D eigenvalue weighted by molar-refractivity contribution is 5.86. The molecule has 0 spiro atoms. The van der Waals surface area contributed by atoms with Gasteiger partial charge in [0.2, 0.25) is 5.91 Å². The Morgan fingerprint density at radius 3 is 2.55 bits per heavy atom. The van der Waals surface area contributed by atoms with E-state index in [1.54, 1.807) is 32.7 Å². The highest BCUT2D eigenvalue weighted by Gasteiger charge is 2.30. The summed E-state index contributed by atoms with van der Waals surface area (Å²) in [4.78, 5) is 26.5. The Bertz CT molecular complexity index is 874. The molecular formula is C23H28N2O4. The number of benzene rings is 2. The van der Waals surface area contributed by atoms with Crippen molar-refractivity contribution in [2.75, 3.05) is 7.05 Å². The number of hydrogen-bond acceptors (Lipinski definition) is 4. The zero-order chi connectivity index (χ0) is 21.0. The molecule has 29 heavy (non-hydrogen) atoms. The molecule has 1 heterocycles. The second-order valence-electron chi connectivity index (χ2n) is 8.30. The van der Waals surface area contributed by atoms with E-state index >= 15 is 0 Å². The van der Waals surface area contributed by atoms with Gasteiger partial charge in [0.25, 0.3) is 0 Å². The molecule has 0 fully saturated rings. The first-order chi connectivity index (χ1) is 13.7. The number of amides is 2. The summed E-state index contributed by atoms with van der Waals surface area (Å²) in [6.45, 7) is 6.32. The number of fused-ring (bicyclic) bond motifs is 1. The fourth-order valence-electron chi connectivity index (χ4n) is 3.25. The van der Waals surface area contributed by atoms with Gasteiger partial charge in [-0.15, -0.1) is 0 Å². The molecule has 1 unspecified atom stereocenters. The molecule has 1 aliphatic rings. The van der Waals surface area contributed by atoms with Crippen LogP contribution in [0.3, 0.4) is 0 Å². The molecule has 0 aliphatic carbocycles. The number of nitrogens with zero attached hydrogens (tertiary/aromatic N) is 1. The lowest BCUT2D eigenvalue weighted by Gasteiger charge is -2.24. The number of carbonyl (C=O) groups is 2. The Morgan fingerprint density at radius 1 is 1.14 bits per heavy atom. The van der Waals surface area contributed by atoms with E-state index < -0.39 is 17.7 Å². The molecule has 0 aromatic heterocycles. The van der Waals surface area contributed by atoms with Gasteiger partial charge in [0.05, 0.1) is 0 Å². The minimum Gasteiger partial charge on any atom is -0.489 e. The molecule has 3 rings (SSSR count). The number of hydrogen-bond donors (Lipinski definition) is 1. The third-order valence-corrected chi connectivity index (χ3v) is 4.62. The van der Waals surface area contributed by atoms with Gasteiger partial charge in [-0.2, -0.15) is 0 Å².